The van der Waals surface area contributed by atoms with Gasteiger partial charge in [-0.2, -0.15) is 0 Å². The lowest BCUT2D eigenvalue weighted by atomic mass is 10.3. The highest BCUT2D eigenvalue weighted by molar-refractivity contribution is 6.30. The highest BCUT2D eigenvalue weighted by atomic mass is 35.5. The molecule has 0 radical (unpaired) electrons. The third-order valence-electron chi connectivity index (χ3n) is 1.40. The van der Waals surface area contributed by atoms with E-state index < -0.39 is 5.82 Å². The van der Waals surface area contributed by atoms with Crippen molar-refractivity contribution >= 4 is 11.6 Å². The Morgan fingerprint density at radius 3 is 2.85 bits per heavy atom. The SMILES string of the molecule is C[C@@H](N)COc1ccc(Cl)cc1F. The van der Waals surface area contributed by atoms with E-state index >= 15 is 0 Å². The van der Waals surface area contributed by atoms with Gasteiger partial charge in [-0.3, -0.25) is 0 Å². The molecule has 0 heterocycles. The van der Waals surface area contributed by atoms with E-state index in [1.165, 1.54) is 12.1 Å². The number of ether oxygens (including phenoxy) is 1. The molecule has 1 atom stereocenters. The fourth-order valence-corrected chi connectivity index (χ4v) is 0.972. The summed E-state index contributed by atoms with van der Waals surface area (Å²) in [6.45, 7) is 2.08. The highest BCUT2D eigenvalue weighted by Gasteiger charge is 2.04. The Hall–Kier alpha value is -0.800. The van der Waals surface area contributed by atoms with Gasteiger partial charge in [0.1, 0.15) is 6.61 Å². The normalized spacial score (nSPS) is 12.6. The number of benzene rings is 1. The van der Waals surface area contributed by atoms with E-state index in [0.29, 0.717) is 11.6 Å². The number of hydrogen-bond acceptors (Lipinski definition) is 2. The molecule has 1 aromatic carbocycles. The first-order chi connectivity index (χ1) is 6.09. The summed E-state index contributed by atoms with van der Waals surface area (Å²) in [6.07, 6.45) is 0. The Kier molecular flexibility index (Phi) is 3.51. The number of halogens is 2. The Morgan fingerprint density at radius 2 is 2.31 bits per heavy atom. The Morgan fingerprint density at radius 1 is 1.62 bits per heavy atom. The molecule has 2 nitrogen and oxygen atoms in total. The summed E-state index contributed by atoms with van der Waals surface area (Å²) in [4.78, 5) is 0. The zero-order valence-electron chi connectivity index (χ0n) is 7.26. The molecule has 1 rings (SSSR count). The van der Waals surface area contributed by atoms with Crippen LogP contribution in [0.4, 0.5) is 4.39 Å². The largest absolute Gasteiger partial charge is 0.489 e. The number of hydrogen-bond donors (Lipinski definition) is 1. The molecule has 2 N–H and O–H groups in total. The van der Waals surface area contributed by atoms with E-state index in [1.54, 1.807) is 13.0 Å². The van der Waals surface area contributed by atoms with Crippen LogP contribution in [0.2, 0.25) is 5.02 Å². The molecule has 0 spiro atoms. The van der Waals surface area contributed by atoms with Crippen LogP contribution in [0.15, 0.2) is 18.2 Å². The van der Waals surface area contributed by atoms with Gasteiger partial charge in [0.2, 0.25) is 0 Å². The van der Waals surface area contributed by atoms with Gasteiger partial charge in [-0.25, -0.2) is 4.39 Å². The molecule has 0 aliphatic carbocycles. The molecule has 0 saturated carbocycles. The Balaban J connectivity index is 2.67. The monoisotopic (exact) mass is 203 g/mol. The molecular weight excluding hydrogens is 193 g/mol. The van der Waals surface area contributed by atoms with Crippen molar-refractivity contribution in [3.05, 3.63) is 29.0 Å². The minimum absolute atomic E-state index is 0.116. The third-order valence-corrected chi connectivity index (χ3v) is 1.63. The lowest BCUT2D eigenvalue weighted by Gasteiger charge is -2.09. The maximum atomic E-state index is 13.1. The van der Waals surface area contributed by atoms with Crippen molar-refractivity contribution in [2.45, 2.75) is 13.0 Å². The van der Waals surface area contributed by atoms with Gasteiger partial charge in [-0.1, -0.05) is 11.6 Å². The van der Waals surface area contributed by atoms with E-state index in [4.69, 9.17) is 22.1 Å². The zero-order chi connectivity index (χ0) is 9.84. The summed E-state index contributed by atoms with van der Waals surface area (Å²) in [5.74, 6) is -0.283. The van der Waals surface area contributed by atoms with Crippen LogP contribution in [-0.4, -0.2) is 12.6 Å². The number of rotatable bonds is 3. The van der Waals surface area contributed by atoms with Gasteiger partial charge in [0, 0.05) is 11.1 Å². The fraction of sp³-hybridized carbons (Fsp3) is 0.333. The predicted molar refractivity (Wildman–Crippen MR) is 50.6 cm³/mol. The van der Waals surface area contributed by atoms with E-state index in [1.807, 2.05) is 0 Å². The summed E-state index contributed by atoms with van der Waals surface area (Å²) in [5, 5.41) is 0.352. The standard InChI is InChI=1S/C9H11ClFNO/c1-6(12)5-13-9-3-2-7(10)4-8(9)11/h2-4,6H,5,12H2,1H3/t6-/m1/s1. The first kappa shape index (κ1) is 10.3. The second-order valence-electron chi connectivity index (χ2n) is 2.86. The molecule has 0 saturated heterocycles. The van der Waals surface area contributed by atoms with Gasteiger partial charge in [0.25, 0.3) is 0 Å². The minimum atomic E-state index is -0.465. The summed E-state index contributed by atoms with van der Waals surface area (Å²) in [5.41, 5.74) is 5.45. The van der Waals surface area contributed by atoms with Crippen LogP contribution in [0.25, 0.3) is 0 Å². The molecule has 0 fully saturated rings. The van der Waals surface area contributed by atoms with Crippen LogP contribution in [0, 0.1) is 5.82 Å². The van der Waals surface area contributed by atoms with Gasteiger partial charge in [-0.15, -0.1) is 0 Å². The Labute approximate surface area is 81.4 Å². The molecule has 13 heavy (non-hydrogen) atoms. The van der Waals surface area contributed by atoms with Gasteiger partial charge in [0.05, 0.1) is 0 Å². The first-order valence-corrected chi connectivity index (χ1v) is 4.31. The predicted octanol–water partition coefficient (Wildman–Crippen LogP) is 2.21. The smallest absolute Gasteiger partial charge is 0.166 e. The van der Waals surface area contributed by atoms with Crippen LogP contribution in [-0.2, 0) is 0 Å². The molecular formula is C9H11ClFNO. The average molecular weight is 204 g/mol. The van der Waals surface area contributed by atoms with Crippen LogP contribution in [0.3, 0.4) is 0 Å². The van der Waals surface area contributed by atoms with Crippen LogP contribution in [0.5, 0.6) is 5.75 Å². The van der Waals surface area contributed by atoms with Crippen LogP contribution >= 0.6 is 11.6 Å². The van der Waals surface area contributed by atoms with Crippen molar-refractivity contribution in [1.82, 2.24) is 0 Å². The van der Waals surface area contributed by atoms with E-state index in [-0.39, 0.29) is 11.8 Å². The third kappa shape index (κ3) is 3.20. The zero-order valence-corrected chi connectivity index (χ0v) is 8.01. The Bertz CT molecular complexity index is 291. The molecule has 72 valence electrons. The maximum absolute atomic E-state index is 13.1. The van der Waals surface area contributed by atoms with Gasteiger partial charge >= 0.3 is 0 Å². The molecule has 0 bridgehead atoms. The molecule has 1 aromatic rings. The van der Waals surface area contributed by atoms with Crippen molar-refractivity contribution in [1.29, 1.82) is 0 Å². The topological polar surface area (TPSA) is 35.2 Å². The van der Waals surface area contributed by atoms with Gasteiger partial charge in [0.15, 0.2) is 11.6 Å². The van der Waals surface area contributed by atoms with Crippen molar-refractivity contribution in [2.75, 3.05) is 6.61 Å². The summed E-state index contributed by atoms with van der Waals surface area (Å²) in [6, 6.07) is 4.15. The van der Waals surface area contributed by atoms with Crippen molar-refractivity contribution in [3.8, 4) is 5.75 Å². The first-order valence-electron chi connectivity index (χ1n) is 3.93. The van der Waals surface area contributed by atoms with Gasteiger partial charge in [-0.05, 0) is 25.1 Å². The van der Waals surface area contributed by atoms with Crippen molar-refractivity contribution in [3.63, 3.8) is 0 Å². The fourth-order valence-electron chi connectivity index (χ4n) is 0.813. The molecule has 0 amide bonds. The average Bonchev–Trinajstić information content (AvgIpc) is 2.02. The lowest BCUT2D eigenvalue weighted by Crippen LogP contribution is -2.23. The second kappa shape index (κ2) is 4.44. The van der Waals surface area contributed by atoms with Crippen molar-refractivity contribution in [2.24, 2.45) is 5.73 Å². The summed E-state index contributed by atoms with van der Waals surface area (Å²) in [7, 11) is 0. The highest BCUT2D eigenvalue weighted by Crippen LogP contribution is 2.20. The van der Waals surface area contributed by atoms with E-state index in [2.05, 4.69) is 0 Å². The van der Waals surface area contributed by atoms with E-state index in [0.717, 1.165) is 0 Å². The molecule has 0 aliphatic rings. The summed E-state index contributed by atoms with van der Waals surface area (Å²) < 4.78 is 18.1. The van der Waals surface area contributed by atoms with Crippen LogP contribution in [0.1, 0.15) is 6.92 Å². The summed E-state index contributed by atoms with van der Waals surface area (Å²) >= 11 is 5.56. The number of nitrogens with two attached hydrogens (primary N) is 1. The second-order valence-corrected chi connectivity index (χ2v) is 3.30. The van der Waals surface area contributed by atoms with E-state index in [9.17, 15) is 4.39 Å². The molecule has 0 aliphatic heterocycles. The van der Waals surface area contributed by atoms with Gasteiger partial charge < -0.3 is 10.5 Å². The minimum Gasteiger partial charge on any atom is -0.489 e. The maximum Gasteiger partial charge on any atom is 0.166 e. The molecule has 0 unspecified atom stereocenters. The quantitative estimate of drug-likeness (QED) is 0.818. The lowest BCUT2D eigenvalue weighted by molar-refractivity contribution is 0.282. The van der Waals surface area contributed by atoms with Crippen molar-refractivity contribution < 1.29 is 9.13 Å². The molecule has 0 aromatic heterocycles. The molecule has 4 heteroatoms. The van der Waals surface area contributed by atoms with Crippen LogP contribution < -0.4 is 10.5 Å².